The zero-order valence-electron chi connectivity index (χ0n) is 6.40. The Bertz CT molecular complexity index is 118. The summed E-state index contributed by atoms with van der Waals surface area (Å²) in [5, 5.41) is 0. The fourth-order valence-electron chi connectivity index (χ4n) is 1.32. The zero-order valence-corrected chi connectivity index (χ0v) is 6.40. The number of nitrogens with two attached hydrogens (primary N) is 1. The van der Waals surface area contributed by atoms with Gasteiger partial charge in [-0.05, 0) is 25.7 Å². The molecule has 2 heteroatoms. The summed E-state index contributed by atoms with van der Waals surface area (Å²) < 4.78 is 0. The molecule has 0 saturated heterocycles. The van der Waals surface area contributed by atoms with Crippen LogP contribution in [-0.4, -0.2) is 0 Å². The second-order valence-electron chi connectivity index (χ2n) is 2.83. The van der Waals surface area contributed by atoms with Crippen LogP contribution in [0.3, 0.4) is 0 Å². The molecule has 0 heterocycles. The number of allylic oxidation sites excluding steroid dienone is 2. The van der Waals surface area contributed by atoms with Crippen molar-refractivity contribution in [3.8, 4) is 0 Å². The van der Waals surface area contributed by atoms with Gasteiger partial charge in [-0.1, -0.05) is 18.9 Å². The van der Waals surface area contributed by atoms with E-state index in [0.29, 0.717) is 0 Å². The predicted molar refractivity (Wildman–Crippen MR) is 43.1 cm³/mol. The normalized spacial score (nSPS) is 20.7. The molecule has 2 nitrogen and oxygen atoms in total. The van der Waals surface area contributed by atoms with E-state index in [9.17, 15) is 0 Å². The van der Waals surface area contributed by atoms with Crippen LogP contribution in [0.2, 0.25) is 0 Å². The molecule has 0 aromatic heterocycles. The summed E-state index contributed by atoms with van der Waals surface area (Å²) in [4.78, 5) is 0. The summed E-state index contributed by atoms with van der Waals surface area (Å²) in [6.45, 7) is 0. The monoisotopic (exact) mass is 140 g/mol. The lowest BCUT2D eigenvalue weighted by Crippen LogP contribution is -2.21. The number of nitrogens with one attached hydrogen (secondary N) is 1. The molecule has 0 radical (unpaired) electrons. The second-order valence-corrected chi connectivity index (χ2v) is 2.83. The minimum Gasteiger partial charge on any atom is -0.329 e. The molecule has 0 unspecified atom stereocenters. The average Bonchev–Trinajstić information content (AvgIpc) is 1.87. The van der Waals surface area contributed by atoms with Crippen LogP contribution in [0.4, 0.5) is 0 Å². The summed E-state index contributed by atoms with van der Waals surface area (Å²) in [5.41, 5.74) is 3.95. The molecule has 0 spiro atoms. The van der Waals surface area contributed by atoms with Gasteiger partial charge in [-0.25, -0.2) is 0 Å². The lowest BCUT2D eigenvalue weighted by molar-refractivity contribution is 0.603. The molecule has 58 valence electrons. The van der Waals surface area contributed by atoms with Crippen molar-refractivity contribution >= 4 is 0 Å². The summed E-state index contributed by atoms with van der Waals surface area (Å²) >= 11 is 0. The van der Waals surface area contributed by atoms with Crippen LogP contribution < -0.4 is 11.3 Å². The molecule has 0 saturated carbocycles. The Morgan fingerprint density at radius 1 is 1.20 bits per heavy atom. The van der Waals surface area contributed by atoms with Gasteiger partial charge in [-0.3, -0.25) is 5.84 Å². The van der Waals surface area contributed by atoms with E-state index in [2.05, 4.69) is 11.5 Å². The van der Waals surface area contributed by atoms with E-state index >= 15 is 0 Å². The summed E-state index contributed by atoms with van der Waals surface area (Å²) in [7, 11) is 0. The maximum Gasteiger partial charge on any atom is 0.0219 e. The van der Waals surface area contributed by atoms with Crippen molar-refractivity contribution in [1.29, 1.82) is 0 Å². The molecule has 1 aliphatic rings. The van der Waals surface area contributed by atoms with Crippen LogP contribution in [0.1, 0.15) is 38.5 Å². The minimum absolute atomic E-state index is 1.14. The molecular formula is C8H16N2. The first-order valence-corrected chi connectivity index (χ1v) is 4.09. The van der Waals surface area contributed by atoms with Gasteiger partial charge in [0.1, 0.15) is 0 Å². The Morgan fingerprint density at radius 2 is 2.00 bits per heavy atom. The average molecular weight is 140 g/mol. The van der Waals surface area contributed by atoms with Gasteiger partial charge < -0.3 is 5.43 Å². The summed E-state index contributed by atoms with van der Waals surface area (Å²) in [5.74, 6) is 5.31. The van der Waals surface area contributed by atoms with Gasteiger partial charge in [0.25, 0.3) is 0 Å². The summed E-state index contributed by atoms with van der Waals surface area (Å²) in [6, 6.07) is 0. The zero-order chi connectivity index (χ0) is 7.23. The SMILES string of the molecule is NNC1=CCCCCCC1. The Labute approximate surface area is 62.5 Å². The summed E-state index contributed by atoms with van der Waals surface area (Å²) in [6.07, 6.45) is 9.91. The van der Waals surface area contributed by atoms with E-state index in [4.69, 9.17) is 5.84 Å². The molecule has 1 rings (SSSR count). The molecular weight excluding hydrogens is 124 g/mol. The lowest BCUT2D eigenvalue weighted by Gasteiger charge is -2.09. The molecule has 0 aromatic carbocycles. The smallest absolute Gasteiger partial charge is 0.0219 e. The molecule has 0 bridgehead atoms. The molecule has 3 N–H and O–H groups in total. The highest BCUT2D eigenvalue weighted by Crippen LogP contribution is 2.14. The van der Waals surface area contributed by atoms with E-state index in [1.54, 1.807) is 0 Å². The van der Waals surface area contributed by atoms with E-state index in [0.717, 1.165) is 6.42 Å². The van der Waals surface area contributed by atoms with Crippen molar-refractivity contribution < 1.29 is 0 Å². The molecule has 0 aliphatic heterocycles. The van der Waals surface area contributed by atoms with Crippen molar-refractivity contribution in [2.24, 2.45) is 5.84 Å². The van der Waals surface area contributed by atoms with Crippen LogP contribution in [-0.2, 0) is 0 Å². The van der Waals surface area contributed by atoms with Crippen LogP contribution in [0, 0.1) is 0 Å². The number of rotatable bonds is 1. The third-order valence-corrected chi connectivity index (χ3v) is 1.98. The third kappa shape index (κ3) is 2.40. The topological polar surface area (TPSA) is 38.0 Å². The largest absolute Gasteiger partial charge is 0.329 e. The van der Waals surface area contributed by atoms with Crippen LogP contribution >= 0.6 is 0 Å². The molecule has 0 fully saturated rings. The first-order chi connectivity index (χ1) is 4.93. The predicted octanol–water partition coefficient (Wildman–Crippen LogP) is 1.69. The van der Waals surface area contributed by atoms with Crippen molar-refractivity contribution in [3.05, 3.63) is 11.8 Å². The minimum atomic E-state index is 1.14. The highest BCUT2D eigenvalue weighted by Gasteiger charge is 1.98. The van der Waals surface area contributed by atoms with E-state index in [1.807, 2.05) is 0 Å². The van der Waals surface area contributed by atoms with Gasteiger partial charge >= 0.3 is 0 Å². The number of hydrogen-bond donors (Lipinski definition) is 2. The van der Waals surface area contributed by atoms with Gasteiger partial charge in [-0.15, -0.1) is 0 Å². The number of hydrogen-bond acceptors (Lipinski definition) is 2. The van der Waals surface area contributed by atoms with Crippen LogP contribution in [0.15, 0.2) is 11.8 Å². The molecule has 0 atom stereocenters. The van der Waals surface area contributed by atoms with Gasteiger partial charge in [0.05, 0.1) is 0 Å². The standard InChI is InChI=1S/C8H16N2/c9-10-8-6-4-2-1-3-5-7-8/h6,10H,1-5,7,9H2. The van der Waals surface area contributed by atoms with Gasteiger partial charge in [0, 0.05) is 5.70 Å². The maximum atomic E-state index is 5.31. The van der Waals surface area contributed by atoms with Crippen LogP contribution in [0.5, 0.6) is 0 Å². The molecule has 0 aromatic rings. The molecule has 10 heavy (non-hydrogen) atoms. The van der Waals surface area contributed by atoms with Crippen molar-refractivity contribution in [2.75, 3.05) is 0 Å². The maximum absolute atomic E-state index is 5.31. The van der Waals surface area contributed by atoms with Crippen molar-refractivity contribution in [3.63, 3.8) is 0 Å². The number of hydrazine groups is 1. The van der Waals surface area contributed by atoms with Crippen molar-refractivity contribution in [2.45, 2.75) is 38.5 Å². The van der Waals surface area contributed by atoms with Gasteiger partial charge in [0.2, 0.25) is 0 Å². The first-order valence-electron chi connectivity index (χ1n) is 4.09. The van der Waals surface area contributed by atoms with Gasteiger partial charge in [0.15, 0.2) is 0 Å². The Morgan fingerprint density at radius 3 is 2.80 bits per heavy atom. The van der Waals surface area contributed by atoms with E-state index in [1.165, 1.54) is 37.8 Å². The lowest BCUT2D eigenvalue weighted by atomic mass is 10.0. The quantitative estimate of drug-likeness (QED) is 0.429. The van der Waals surface area contributed by atoms with E-state index < -0.39 is 0 Å². The third-order valence-electron chi connectivity index (χ3n) is 1.98. The van der Waals surface area contributed by atoms with Crippen LogP contribution in [0.25, 0.3) is 0 Å². The second kappa shape index (κ2) is 4.34. The Hall–Kier alpha value is -0.500. The Kier molecular flexibility index (Phi) is 3.30. The highest BCUT2D eigenvalue weighted by molar-refractivity contribution is 4.98. The Balaban J connectivity index is 2.35. The fraction of sp³-hybridized carbons (Fsp3) is 0.750. The van der Waals surface area contributed by atoms with Gasteiger partial charge in [-0.2, -0.15) is 0 Å². The highest BCUT2D eigenvalue weighted by atomic mass is 15.2. The van der Waals surface area contributed by atoms with Crippen molar-refractivity contribution in [1.82, 2.24) is 5.43 Å². The molecule has 1 aliphatic carbocycles. The molecule has 0 amide bonds. The van der Waals surface area contributed by atoms with E-state index in [-0.39, 0.29) is 0 Å². The first kappa shape index (κ1) is 7.61. The fourth-order valence-corrected chi connectivity index (χ4v) is 1.32.